The number of rotatable bonds is 6. The van der Waals surface area contributed by atoms with Gasteiger partial charge < -0.3 is 25.7 Å². The third-order valence-electron chi connectivity index (χ3n) is 4.70. The van der Waals surface area contributed by atoms with Crippen molar-refractivity contribution in [2.75, 3.05) is 31.5 Å². The van der Waals surface area contributed by atoms with Crippen LogP contribution < -0.4 is 10.6 Å². The fourth-order valence-corrected chi connectivity index (χ4v) is 2.84. The van der Waals surface area contributed by atoms with Gasteiger partial charge in [0.25, 0.3) is 0 Å². The number of aliphatic carboxylic acids is 2. The minimum atomic E-state index is -5.08. The van der Waals surface area contributed by atoms with Crippen molar-refractivity contribution in [2.45, 2.75) is 25.2 Å². The summed E-state index contributed by atoms with van der Waals surface area (Å²) in [7, 11) is 0. The lowest BCUT2D eigenvalue weighted by atomic mass is 10.2. The zero-order valence-electron chi connectivity index (χ0n) is 20.3. The van der Waals surface area contributed by atoms with Crippen LogP contribution in [0.1, 0.15) is 24.1 Å². The highest BCUT2D eigenvalue weighted by atomic mass is 19.4. The normalized spacial score (nSPS) is 13.5. The van der Waals surface area contributed by atoms with Gasteiger partial charge in [0, 0.05) is 25.0 Å². The molecule has 1 aromatic heterocycles. The summed E-state index contributed by atoms with van der Waals surface area (Å²) in [5, 5.41) is 20.0. The van der Waals surface area contributed by atoms with Crippen LogP contribution in [0.4, 0.5) is 36.8 Å². The van der Waals surface area contributed by atoms with Gasteiger partial charge in [-0.25, -0.2) is 14.4 Å². The molecule has 0 radical (unpaired) electrons. The number of aromatic nitrogens is 1. The van der Waals surface area contributed by atoms with Gasteiger partial charge in [-0.2, -0.15) is 26.3 Å². The Labute approximate surface area is 219 Å². The Hall–Kier alpha value is -4.14. The van der Waals surface area contributed by atoms with Crippen LogP contribution in [0.15, 0.2) is 48.7 Å². The highest BCUT2D eigenvalue weighted by Gasteiger charge is 2.38. The molecule has 4 N–H and O–H groups in total. The number of nitrogens with one attached hydrogen (secondary N) is 2. The van der Waals surface area contributed by atoms with Crippen molar-refractivity contribution in [1.29, 1.82) is 0 Å². The molecule has 0 bridgehead atoms. The number of amides is 2. The van der Waals surface area contributed by atoms with Gasteiger partial charge >= 0.3 is 30.3 Å². The van der Waals surface area contributed by atoms with Gasteiger partial charge in [-0.05, 0) is 61.8 Å². The van der Waals surface area contributed by atoms with Gasteiger partial charge in [0.2, 0.25) is 0 Å². The second-order valence-electron chi connectivity index (χ2n) is 7.75. The minimum Gasteiger partial charge on any atom is -0.475 e. The molecule has 2 amide bonds. The molecule has 3 rings (SSSR count). The molecule has 0 atom stereocenters. The number of carboxylic acids is 2. The van der Waals surface area contributed by atoms with Crippen LogP contribution >= 0.6 is 0 Å². The number of carbonyl (C=O) groups is 3. The van der Waals surface area contributed by atoms with E-state index in [2.05, 4.69) is 20.5 Å². The molecule has 0 saturated carbocycles. The Kier molecular flexibility index (Phi) is 13.5. The first-order valence-corrected chi connectivity index (χ1v) is 11.2. The van der Waals surface area contributed by atoms with Crippen LogP contribution in [0, 0.1) is 0 Å². The fraction of sp³-hybridized carbons (Fsp3) is 0.333. The number of likely N-dealkylation sites (tertiary alicyclic amines) is 1. The topological polar surface area (TPSA) is 132 Å². The molecular weight excluding hydrogens is 538 g/mol. The number of carbonyl (C=O) groups excluding carboxylic acids is 1. The van der Waals surface area contributed by atoms with Gasteiger partial charge in [0.1, 0.15) is 0 Å². The molecule has 0 unspecified atom stereocenters. The third-order valence-corrected chi connectivity index (χ3v) is 4.70. The van der Waals surface area contributed by atoms with E-state index in [0.29, 0.717) is 6.54 Å². The largest absolute Gasteiger partial charge is 0.490 e. The summed E-state index contributed by atoms with van der Waals surface area (Å²) in [4.78, 5) is 36.3. The number of hydrogen-bond donors (Lipinski definition) is 4. The van der Waals surface area contributed by atoms with Crippen LogP contribution in [0.5, 0.6) is 0 Å². The van der Waals surface area contributed by atoms with Crippen LogP contribution in [0.3, 0.4) is 0 Å². The molecule has 39 heavy (non-hydrogen) atoms. The van der Waals surface area contributed by atoms with Gasteiger partial charge in [-0.15, -0.1) is 0 Å². The molecule has 1 fully saturated rings. The predicted molar refractivity (Wildman–Crippen MR) is 130 cm³/mol. The van der Waals surface area contributed by atoms with E-state index in [0.717, 1.165) is 36.6 Å². The zero-order chi connectivity index (χ0) is 29.5. The van der Waals surface area contributed by atoms with Crippen LogP contribution in [0.2, 0.25) is 0 Å². The monoisotopic (exact) mass is 564 g/mol. The van der Waals surface area contributed by atoms with E-state index in [9.17, 15) is 31.1 Å². The van der Waals surface area contributed by atoms with E-state index >= 15 is 0 Å². The number of alkyl halides is 6. The highest BCUT2D eigenvalue weighted by Crippen LogP contribution is 2.14. The van der Waals surface area contributed by atoms with Crippen molar-refractivity contribution < 1.29 is 50.9 Å². The maximum atomic E-state index is 11.9. The Balaban J connectivity index is 0.000000449. The van der Waals surface area contributed by atoms with Gasteiger partial charge in [0.15, 0.2) is 0 Å². The summed E-state index contributed by atoms with van der Waals surface area (Å²) in [6, 6.07) is 13.4. The first kappa shape index (κ1) is 32.9. The number of halogens is 6. The van der Waals surface area contributed by atoms with Crippen molar-refractivity contribution in [3.8, 4) is 0 Å². The summed E-state index contributed by atoms with van der Waals surface area (Å²) in [6.07, 6.45) is -1.88. The van der Waals surface area contributed by atoms with E-state index in [4.69, 9.17) is 19.8 Å². The number of anilines is 1. The highest BCUT2D eigenvalue weighted by molar-refractivity contribution is 5.89. The first-order chi connectivity index (χ1) is 18.2. The minimum absolute atomic E-state index is 0.157. The standard InChI is InChI=1S/C20H24N4O.2C2HF3O2/c25-20(22-13-16-24-14-3-4-15-24)23-19-10-7-17(8-11-19)6-9-18-5-1-2-12-21-18;2*3-2(4,5)1(6)7/h1-2,5-12H,3-4,13-16H2,(H2,22,23,25);2*(H,6,7)/b9-6+;;. The summed E-state index contributed by atoms with van der Waals surface area (Å²) >= 11 is 0. The van der Waals surface area contributed by atoms with Crippen molar-refractivity contribution in [3.63, 3.8) is 0 Å². The second kappa shape index (κ2) is 16.0. The Bertz CT molecular complexity index is 1050. The Morgan fingerprint density at radius 2 is 1.41 bits per heavy atom. The van der Waals surface area contributed by atoms with E-state index in [-0.39, 0.29) is 6.03 Å². The van der Waals surface area contributed by atoms with Crippen molar-refractivity contribution in [1.82, 2.24) is 15.2 Å². The molecule has 9 nitrogen and oxygen atoms in total. The second-order valence-corrected chi connectivity index (χ2v) is 7.75. The molecule has 1 saturated heterocycles. The molecule has 214 valence electrons. The number of urea groups is 1. The molecule has 1 aliphatic rings. The number of nitrogens with zero attached hydrogens (tertiary/aromatic N) is 2. The maximum Gasteiger partial charge on any atom is 0.490 e. The predicted octanol–water partition coefficient (Wildman–Crippen LogP) is 4.74. The number of hydrogen-bond acceptors (Lipinski definition) is 5. The van der Waals surface area contributed by atoms with Crippen LogP contribution in [-0.4, -0.2) is 76.6 Å². The molecule has 15 heteroatoms. The van der Waals surface area contributed by atoms with Crippen LogP contribution in [0.25, 0.3) is 12.2 Å². The molecular formula is C24H26F6N4O5. The molecule has 0 aliphatic carbocycles. The average Bonchev–Trinajstić information content (AvgIpc) is 3.37. The lowest BCUT2D eigenvalue weighted by molar-refractivity contribution is -0.193. The zero-order valence-corrected chi connectivity index (χ0v) is 20.3. The summed E-state index contributed by atoms with van der Waals surface area (Å²) in [5.74, 6) is -5.51. The molecule has 1 aliphatic heterocycles. The molecule has 1 aromatic carbocycles. The maximum absolute atomic E-state index is 11.9. The fourth-order valence-electron chi connectivity index (χ4n) is 2.84. The number of carboxylic acid groups (broad SMARTS) is 2. The summed E-state index contributed by atoms with van der Waals surface area (Å²) in [5.41, 5.74) is 2.77. The quantitative estimate of drug-likeness (QED) is 0.373. The molecule has 2 heterocycles. The van der Waals surface area contributed by atoms with Gasteiger partial charge in [-0.3, -0.25) is 4.98 Å². The van der Waals surface area contributed by atoms with Crippen molar-refractivity contribution in [3.05, 3.63) is 59.9 Å². The lowest BCUT2D eigenvalue weighted by Gasteiger charge is -2.15. The van der Waals surface area contributed by atoms with E-state index < -0.39 is 24.3 Å². The SMILES string of the molecule is O=C(NCCN1CCCC1)Nc1ccc(/C=C/c2ccccn2)cc1.O=C(O)C(F)(F)F.O=C(O)C(F)(F)F. The first-order valence-electron chi connectivity index (χ1n) is 11.2. The number of pyridine rings is 1. The average molecular weight is 564 g/mol. The van der Waals surface area contributed by atoms with Gasteiger partial charge in [0.05, 0.1) is 5.69 Å². The lowest BCUT2D eigenvalue weighted by Crippen LogP contribution is -2.35. The summed E-state index contributed by atoms with van der Waals surface area (Å²) < 4.78 is 63.5. The van der Waals surface area contributed by atoms with Crippen molar-refractivity contribution >= 4 is 35.8 Å². The third kappa shape index (κ3) is 15.0. The Morgan fingerprint density at radius 1 is 0.872 bits per heavy atom. The van der Waals surface area contributed by atoms with Crippen molar-refractivity contribution in [2.24, 2.45) is 0 Å². The van der Waals surface area contributed by atoms with E-state index in [1.54, 1.807) is 6.20 Å². The number of benzene rings is 1. The van der Waals surface area contributed by atoms with E-state index in [1.165, 1.54) is 12.8 Å². The summed E-state index contributed by atoms with van der Waals surface area (Å²) in [6.45, 7) is 3.90. The molecule has 2 aromatic rings. The molecule has 0 spiro atoms. The van der Waals surface area contributed by atoms with Crippen LogP contribution in [-0.2, 0) is 9.59 Å². The van der Waals surface area contributed by atoms with E-state index in [1.807, 2.05) is 54.6 Å². The smallest absolute Gasteiger partial charge is 0.475 e. The Morgan fingerprint density at radius 3 is 1.87 bits per heavy atom. The van der Waals surface area contributed by atoms with Gasteiger partial charge in [-0.1, -0.05) is 24.3 Å².